The lowest BCUT2D eigenvalue weighted by Crippen LogP contribution is -2.39. The number of thiocarbonyl (C=S) groups is 1. The predicted octanol–water partition coefficient (Wildman–Crippen LogP) is 3.55. The fourth-order valence-corrected chi connectivity index (χ4v) is 3.13. The van der Waals surface area contributed by atoms with E-state index in [-0.39, 0.29) is 6.10 Å². The summed E-state index contributed by atoms with van der Waals surface area (Å²) in [5, 5.41) is 7.19. The minimum atomic E-state index is 0.286. The van der Waals surface area contributed by atoms with Crippen LogP contribution in [0.3, 0.4) is 0 Å². The van der Waals surface area contributed by atoms with Gasteiger partial charge in [0, 0.05) is 19.7 Å². The quantitative estimate of drug-likeness (QED) is 0.696. The van der Waals surface area contributed by atoms with Crippen LogP contribution >= 0.6 is 12.2 Å². The molecule has 2 N–H and O–H groups in total. The van der Waals surface area contributed by atoms with E-state index in [1.807, 2.05) is 30.3 Å². The standard InChI is InChI=1S/C21H26N2O2S/c26-21(23-14-20-11-6-12-25-20)22-13-18-9-4-5-10-19(18)16-24-15-17-7-2-1-3-8-17/h1-5,7-10,20H,6,11-16H2,(H2,22,23,26). The maximum atomic E-state index is 5.88. The smallest absolute Gasteiger partial charge is 0.166 e. The van der Waals surface area contributed by atoms with E-state index in [1.54, 1.807) is 0 Å². The largest absolute Gasteiger partial charge is 0.376 e. The Balaban J connectivity index is 1.43. The second-order valence-electron chi connectivity index (χ2n) is 6.45. The van der Waals surface area contributed by atoms with Crippen molar-refractivity contribution < 1.29 is 9.47 Å². The lowest BCUT2D eigenvalue weighted by Gasteiger charge is -2.15. The van der Waals surface area contributed by atoms with E-state index in [0.717, 1.165) is 26.0 Å². The lowest BCUT2D eigenvalue weighted by atomic mass is 10.1. The average Bonchev–Trinajstić information content (AvgIpc) is 3.20. The van der Waals surface area contributed by atoms with Crippen LogP contribution in [-0.4, -0.2) is 24.4 Å². The van der Waals surface area contributed by atoms with Gasteiger partial charge in [0.2, 0.25) is 0 Å². The van der Waals surface area contributed by atoms with Gasteiger partial charge >= 0.3 is 0 Å². The first-order valence-corrected chi connectivity index (χ1v) is 9.54. The molecule has 0 radical (unpaired) electrons. The fraction of sp³-hybridized carbons (Fsp3) is 0.381. The molecule has 1 fully saturated rings. The second kappa shape index (κ2) is 10.3. The van der Waals surface area contributed by atoms with Gasteiger partial charge in [0.15, 0.2) is 5.11 Å². The Bertz CT molecular complexity index is 687. The van der Waals surface area contributed by atoms with Crippen LogP contribution in [0, 0.1) is 0 Å². The van der Waals surface area contributed by atoms with Crippen LogP contribution in [0.15, 0.2) is 54.6 Å². The van der Waals surface area contributed by atoms with Gasteiger partial charge in [0.1, 0.15) is 0 Å². The monoisotopic (exact) mass is 370 g/mol. The molecule has 0 aliphatic carbocycles. The molecule has 2 aromatic carbocycles. The summed E-state index contributed by atoms with van der Waals surface area (Å²) in [4.78, 5) is 0. The van der Waals surface area contributed by atoms with Crippen molar-refractivity contribution in [3.63, 3.8) is 0 Å². The highest BCUT2D eigenvalue weighted by atomic mass is 32.1. The minimum Gasteiger partial charge on any atom is -0.376 e. The van der Waals surface area contributed by atoms with E-state index in [0.29, 0.717) is 24.9 Å². The number of rotatable bonds is 8. The van der Waals surface area contributed by atoms with Gasteiger partial charge in [-0.3, -0.25) is 0 Å². The molecule has 1 aliphatic rings. The van der Waals surface area contributed by atoms with Crippen molar-refractivity contribution in [1.29, 1.82) is 0 Å². The van der Waals surface area contributed by atoms with E-state index < -0.39 is 0 Å². The predicted molar refractivity (Wildman–Crippen MR) is 108 cm³/mol. The zero-order valence-electron chi connectivity index (χ0n) is 14.9. The van der Waals surface area contributed by atoms with Gasteiger partial charge in [-0.2, -0.15) is 0 Å². The highest BCUT2D eigenvalue weighted by Gasteiger charge is 2.15. The minimum absolute atomic E-state index is 0.286. The Morgan fingerprint density at radius 1 is 1.00 bits per heavy atom. The SMILES string of the molecule is S=C(NCc1ccccc1COCc1ccccc1)NCC1CCCO1. The Hall–Kier alpha value is -1.95. The molecule has 5 heteroatoms. The maximum Gasteiger partial charge on any atom is 0.166 e. The summed E-state index contributed by atoms with van der Waals surface area (Å²) in [6.45, 7) is 3.52. The summed E-state index contributed by atoms with van der Waals surface area (Å²) in [6.07, 6.45) is 2.54. The van der Waals surface area contributed by atoms with Crippen molar-refractivity contribution in [2.75, 3.05) is 13.2 Å². The normalized spacial score (nSPS) is 16.4. The summed E-state index contributed by atoms with van der Waals surface area (Å²) < 4.78 is 11.5. The molecule has 138 valence electrons. The Morgan fingerprint density at radius 3 is 2.54 bits per heavy atom. The van der Waals surface area contributed by atoms with Crippen LogP contribution in [0.25, 0.3) is 0 Å². The maximum absolute atomic E-state index is 5.88. The van der Waals surface area contributed by atoms with Crippen molar-refractivity contribution >= 4 is 17.3 Å². The van der Waals surface area contributed by atoms with Gasteiger partial charge in [-0.15, -0.1) is 0 Å². The molecule has 3 rings (SSSR count). The molecule has 2 aromatic rings. The summed E-state index contributed by atoms with van der Waals surface area (Å²) in [5.41, 5.74) is 3.56. The van der Waals surface area contributed by atoms with Gasteiger partial charge in [-0.05, 0) is 41.7 Å². The van der Waals surface area contributed by atoms with Crippen LogP contribution in [0.2, 0.25) is 0 Å². The lowest BCUT2D eigenvalue weighted by molar-refractivity contribution is 0.106. The zero-order chi connectivity index (χ0) is 18.0. The average molecular weight is 371 g/mol. The zero-order valence-corrected chi connectivity index (χ0v) is 15.8. The molecule has 0 amide bonds. The third-order valence-corrected chi connectivity index (χ3v) is 4.73. The molecule has 1 saturated heterocycles. The van der Waals surface area contributed by atoms with Crippen molar-refractivity contribution in [3.05, 3.63) is 71.3 Å². The first-order chi connectivity index (χ1) is 12.8. The van der Waals surface area contributed by atoms with Crippen LogP contribution in [0.1, 0.15) is 29.5 Å². The molecule has 26 heavy (non-hydrogen) atoms. The van der Waals surface area contributed by atoms with E-state index in [1.165, 1.54) is 16.7 Å². The first kappa shape index (κ1) is 18.8. The molecule has 0 saturated carbocycles. The molecule has 1 atom stereocenters. The third kappa shape index (κ3) is 6.09. The fourth-order valence-electron chi connectivity index (χ4n) is 2.97. The van der Waals surface area contributed by atoms with Crippen LogP contribution in [-0.2, 0) is 29.2 Å². The number of benzene rings is 2. The number of nitrogens with one attached hydrogen (secondary N) is 2. The van der Waals surface area contributed by atoms with Crippen molar-refractivity contribution in [3.8, 4) is 0 Å². The summed E-state index contributed by atoms with van der Waals surface area (Å²) in [5.74, 6) is 0. The van der Waals surface area contributed by atoms with E-state index >= 15 is 0 Å². The molecule has 0 spiro atoms. The van der Waals surface area contributed by atoms with Crippen LogP contribution in [0.5, 0.6) is 0 Å². The van der Waals surface area contributed by atoms with E-state index in [2.05, 4.69) is 34.9 Å². The molecule has 4 nitrogen and oxygen atoms in total. The van der Waals surface area contributed by atoms with Crippen molar-refractivity contribution in [1.82, 2.24) is 10.6 Å². The molecule has 1 heterocycles. The molecule has 0 aromatic heterocycles. The van der Waals surface area contributed by atoms with E-state index in [4.69, 9.17) is 21.7 Å². The number of hydrogen-bond donors (Lipinski definition) is 2. The van der Waals surface area contributed by atoms with Crippen molar-refractivity contribution in [2.24, 2.45) is 0 Å². The van der Waals surface area contributed by atoms with Gasteiger partial charge < -0.3 is 20.1 Å². The Labute approximate surface area is 160 Å². The highest BCUT2D eigenvalue weighted by molar-refractivity contribution is 7.80. The van der Waals surface area contributed by atoms with Gasteiger partial charge in [-0.25, -0.2) is 0 Å². The first-order valence-electron chi connectivity index (χ1n) is 9.13. The third-order valence-electron chi connectivity index (χ3n) is 4.44. The molecular formula is C21H26N2O2S. The van der Waals surface area contributed by atoms with Crippen molar-refractivity contribution in [2.45, 2.75) is 38.7 Å². The van der Waals surface area contributed by atoms with Gasteiger partial charge in [-0.1, -0.05) is 54.6 Å². The summed E-state index contributed by atoms with van der Waals surface area (Å²) in [6, 6.07) is 18.5. The van der Waals surface area contributed by atoms with E-state index in [9.17, 15) is 0 Å². The van der Waals surface area contributed by atoms with Gasteiger partial charge in [0.05, 0.1) is 19.3 Å². The Morgan fingerprint density at radius 2 is 1.77 bits per heavy atom. The summed E-state index contributed by atoms with van der Waals surface area (Å²) in [7, 11) is 0. The summed E-state index contributed by atoms with van der Waals surface area (Å²) >= 11 is 5.37. The Kier molecular flexibility index (Phi) is 7.43. The van der Waals surface area contributed by atoms with Gasteiger partial charge in [0.25, 0.3) is 0 Å². The topological polar surface area (TPSA) is 42.5 Å². The van der Waals surface area contributed by atoms with Crippen LogP contribution < -0.4 is 10.6 Å². The molecule has 1 unspecified atom stereocenters. The second-order valence-corrected chi connectivity index (χ2v) is 6.85. The molecule has 0 bridgehead atoms. The highest BCUT2D eigenvalue weighted by Crippen LogP contribution is 2.12. The number of hydrogen-bond acceptors (Lipinski definition) is 3. The number of ether oxygens (including phenoxy) is 2. The molecular weight excluding hydrogens is 344 g/mol. The molecule has 1 aliphatic heterocycles. The van der Waals surface area contributed by atoms with Crippen LogP contribution in [0.4, 0.5) is 0 Å².